The molecule has 0 amide bonds. The maximum atomic E-state index is 14.1. The number of para-hydroxylation sites is 5. The van der Waals surface area contributed by atoms with Gasteiger partial charge in [0.15, 0.2) is 0 Å². The van der Waals surface area contributed by atoms with Crippen LogP contribution in [0.2, 0.25) is 0 Å². The van der Waals surface area contributed by atoms with Crippen molar-refractivity contribution in [2.75, 3.05) is 0 Å². The van der Waals surface area contributed by atoms with E-state index in [0.29, 0.717) is 16.9 Å². The van der Waals surface area contributed by atoms with Crippen molar-refractivity contribution < 1.29 is 0 Å². The summed E-state index contributed by atoms with van der Waals surface area (Å²) < 4.78 is 8.72. The molecule has 0 saturated carbocycles. The van der Waals surface area contributed by atoms with Gasteiger partial charge in [-0.2, -0.15) is 0 Å². The number of thiophene rings is 1. The third-order valence-corrected chi connectivity index (χ3v) is 12.0. The van der Waals surface area contributed by atoms with Crippen LogP contribution in [0.4, 0.5) is 0 Å². The summed E-state index contributed by atoms with van der Waals surface area (Å²) in [5.74, 6) is 0.533. The first-order chi connectivity index (χ1) is 26.7. The molecule has 0 aliphatic heterocycles. The highest BCUT2D eigenvalue weighted by atomic mass is 32.1. The first-order valence-electron chi connectivity index (χ1n) is 18.0. The fourth-order valence-electron chi connectivity index (χ4n) is 8.55. The predicted molar refractivity (Wildman–Crippen MR) is 224 cm³/mol. The van der Waals surface area contributed by atoms with Gasteiger partial charge in [0.05, 0.1) is 38.5 Å². The highest BCUT2D eigenvalue weighted by Gasteiger charge is 2.21. The van der Waals surface area contributed by atoms with Crippen LogP contribution in [-0.2, 0) is 0 Å². The van der Waals surface area contributed by atoms with Gasteiger partial charge in [-0.05, 0) is 66.7 Å². The molecule has 0 atom stereocenters. The zero-order valence-corrected chi connectivity index (χ0v) is 29.5. The molecule has 0 aliphatic rings. The summed E-state index contributed by atoms with van der Waals surface area (Å²) in [7, 11) is 0. The number of pyridine rings is 1. The van der Waals surface area contributed by atoms with Gasteiger partial charge in [-0.1, -0.05) is 91.0 Å². The van der Waals surface area contributed by atoms with E-state index in [2.05, 4.69) is 112 Å². The number of hydrogen-bond donors (Lipinski definition) is 0. The molecule has 0 N–H and O–H groups in total. The van der Waals surface area contributed by atoms with Crippen molar-refractivity contribution in [1.29, 1.82) is 0 Å². The summed E-state index contributed by atoms with van der Waals surface area (Å²) in [5.41, 5.74) is 7.71. The number of hydrogen-bond acceptors (Lipinski definition) is 4. The lowest BCUT2D eigenvalue weighted by Gasteiger charge is -2.13. The van der Waals surface area contributed by atoms with Crippen LogP contribution in [0.5, 0.6) is 0 Å². The fourth-order valence-corrected chi connectivity index (χ4v) is 9.68. The smallest absolute Gasteiger partial charge is 0.266 e. The molecule has 7 heteroatoms. The number of nitrogens with zero attached hydrogens (tertiary/aromatic N) is 5. The lowest BCUT2D eigenvalue weighted by molar-refractivity contribution is 1.00. The zero-order valence-electron chi connectivity index (χ0n) is 28.6. The van der Waals surface area contributed by atoms with Crippen molar-refractivity contribution in [3.8, 4) is 17.3 Å². The van der Waals surface area contributed by atoms with Gasteiger partial charge in [-0.25, -0.2) is 9.97 Å². The number of rotatable bonds is 3. The van der Waals surface area contributed by atoms with Gasteiger partial charge < -0.3 is 4.57 Å². The van der Waals surface area contributed by atoms with E-state index in [4.69, 9.17) is 9.97 Å². The van der Waals surface area contributed by atoms with Crippen molar-refractivity contribution in [1.82, 2.24) is 23.7 Å². The minimum atomic E-state index is -0.143. The first kappa shape index (κ1) is 29.5. The molecule has 0 saturated heterocycles. The molecule has 0 aliphatic carbocycles. The second kappa shape index (κ2) is 11.0. The summed E-state index contributed by atoms with van der Waals surface area (Å²) in [4.78, 5) is 24.2. The van der Waals surface area contributed by atoms with Crippen LogP contribution in [-0.4, -0.2) is 23.7 Å². The summed E-state index contributed by atoms with van der Waals surface area (Å²) in [6, 6.07) is 54.9. The Balaban J connectivity index is 1.13. The Morgan fingerprint density at radius 3 is 1.50 bits per heavy atom. The van der Waals surface area contributed by atoms with E-state index in [1.807, 2.05) is 65.9 Å². The highest BCUT2D eigenvalue weighted by Crippen LogP contribution is 2.43. The molecule has 5 aromatic heterocycles. The van der Waals surface area contributed by atoms with Gasteiger partial charge in [-0.3, -0.25) is 13.9 Å². The molecular formula is C47H27N5OS. The Hall–Kier alpha value is -7.09. The molecule has 0 bridgehead atoms. The molecule has 54 heavy (non-hydrogen) atoms. The predicted octanol–water partition coefficient (Wildman–Crippen LogP) is 11.5. The molecule has 5 heterocycles. The van der Waals surface area contributed by atoms with Crippen molar-refractivity contribution >= 4 is 96.9 Å². The van der Waals surface area contributed by atoms with Crippen molar-refractivity contribution in [3.05, 3.63) is 174 Å². The second-order valence-corrected chi connectivity index (χ2v) is 14.9. The minimum Gasteiger partial charge on any atom is -0.309 e. The summed E-state index contributed by atoms with van der Waals surface area (Å²) in [6.07, 6.45) is 1.70. The molecule has 0 radical (unpaired) electrons. The molecule has 6 nitrogen and oxygen atoms in total. The average Bonchev–Trinajstić information content (AvgIpc) is 3.86. The monoisotopic (exact) mass is 709 g/mol. The van der Waals surface area contributed by atoms with Gasteiger partial charge in [-0.15, -0.1) is 11.3 Å². The van der Waals surface area contributed by atoms with Crippen LogP contribution in [0.3, 0.4) is 0 Å². The Morgan fingerprint density at radius 2 is 0.889 bits per heavy atom. The fraction of sp³-hybridized carbons (Fsp3) is 0. The van der Waals surface area contributed by atoms with Gasteiger partial charge in [0.2, 0.25) is 5.95 Å². The highest BCUT2D eigenvalue weighted by molar-refractivity contribution is 7.26. The normalized spacial score (nSPS) is 12.1. The van der Waals surface area contributed by atoms with E-state index in [9.17, 15) is 4.79 Å². The summed E-state index contributed by atoms with van der Waals surface area (Å²) in [6.45, 7) is 0. The van der Waals surface area contributed by atoms with E-state index in [0.717, 1.165) is 44.1 Å². The van der Waals surface area contributed by atoms with Gasteiger partial charge >= 0.3 is 0 Å². The van der Waals surface area contributed by atoms with Crippen LogP contribution >= 0.6 is 11.3 Å². The zero-order chi connectivity index (χ0) is 35.5. The van der Waals surface area contributed by atoms with E-state index in [1.165, 1.54) is 42.0 Å². The van der Waals surface area contributed by atoms with Gasteiger partial charge in [0.1, 0.15) is 0 Å². The maximum absolute atomic E-state index is 14.1. The van der Waals surface area contributed by atoms with Gasteiger partial charge in [0, 0.05) is 64.7 Å². The third-order valence-electron chi connectivity index (χ3n) is 10.9. The second-order valence-electron chi connectivity index (χ2n) is 13.8. The van der Waals surface area contributed by atoms with Crippen molar-refractivity contribution in [2.24, 2.45) is 0 Å². The van der Waals surface area contributed by atoms with E-state index >= 15 is 0 Å². The van der Waals surface area contributed by atoms with Crippen molar-refractivity contribution in [2.45, 2.75) is 0 Å². The van der Waals surface area contributed by atoms with Crippen LogP contribution in [0.1, 0.15) is 0 Å². The molecule has 12 aromatic rings. The molecular weight excluding hydrogens is 683 g/mol. The van der Waals surface area contributed by atoms with Crippen molar-refractivity contribution in [3.63, 3.8) is 0 Å². The van der Waals surface area contributed by atoms with E-state index in [1.54, 1.807) is 10.8 Å². The Morgan fingerprint density at radius 1 is 0.407 bits per heavy atom. The van der Waals surface area contributed by atoms with Crippen LogP contribution in [0, 0.1) is 0 Å². The lowest BCUT2D eigenvalue weighted by Crippen LogP contribution is -2.20. The van der Waals surface area contributed by atoms with Crippen LogP contribution in [0.15, 0.2) is 169 Å². The molecule has 12 rings (SSSR count). The number of fused-ring (bicyclic) bond motifs is 12. The molecule has 7 aromatic carbocycles. The third kappa shape index (κ3) is 4.01. The quantitative estimate of drug-likeness (QED) is 0.172. The number of aromatic nitrogens is 5. The molecule has 0 fully saturated rings. The van der Waals surface area contributed by atoms with E-state index < -0.39 is 0 Å². The number of benzene rings is 7. The van der Waals surface area contributed by atoms with Gasteiger partial charge in [0.25, 0.3) is 5.56 Å². The standard InChI is InChI=1S/C47H27N5OS/c53-46-37-27-48-47(49-45(37)32-19-9-12-22-40(32)51(46)29-15-5-2-6-16-29)52-39-21-11-8-18-31(39)34-24-36-35-23-33-30-17-7-10-20-38(30)50(28-13-3-1-4-14-28)41(33)25-43(35)54-44(36)26-42(34)52/h1-27H. The Bertz CT molecular complexity index is 3580. The topological polar surface area (TPSA) is 57.6 Å². The molecule has 252 valence electrons. The largest absolute Gasteiger partial charge is 0.309 e. The average molecular weight is 710 g/mol. The summed E-state index contributed by atoms with van der Waals surface area (Å²) in [5, 5.41) is 8.61. The Kier molecular flexibility index (Phi) is 5.98. The lowest BCUT2D eigenvalue weighted by atomic mass is 10.1. The minimum absolute atomic E-state index is 0.143. The Labute approximate surface area is 311 Å². The maximum Gasteiger partial charge on any atom is 0.266 e. The van der Waals surface area contributed by atoms with Crippen LogP contribution in [0.25, 0.3) is 103 Å². The SMILES string of the molecule is O=c1c2cnc(-n3c4ccccc4c4cc5c(cc43)sc3cc4c(cc35)c3ccccc3n4-c3ccccc3)nc2c2ccccc2n1-c1ccccc1. The first-order valence-corrected chi connectivity index (χ1v) is 18.8. The molecule has 0 spiro atoms. The van der Waals surface area contributed by atoms with E-state index in [-0.39, 0.29) is 5.56 Å². The summed E-state index contributed by atoms with van der Waals surface area (Å²) >= 11 is 1.81. The molecule has 0 unspecified atom stereocenters. The van der Waals surface area contributed by atoms with Crippen LogP contribution < -0.4 is 5.56 Å².